The Bertz CT molecular complexity index is 1730. The van der Waals surface area contributed by atoms with Gasteiger partial charge in [0.1, 0.15) is 17.7 Å². The molecule has 8 nitrogen and oxygen atoms in total. The molecule has 0 saturated heterocycles. The van der Waals surface area contributed by atoms with Crippen LogP contribution in [-0.4, -0.2) is 46.1 Å². The van der Waals surface area contributed by atoms with Gasteiger partial charge < -0.3 is 10.2 Å². The Hall–Kier alpha value is -5.18. The molecule has 0 radical (unpaired) electrons. The van der Waals surface area contributed by atoms with E-state index in [0.29, 0.717) is 28.3 Å². The van der Waals surface area contributed by atoms with Gasteiger partial charge in [0.2, 0.25) is 0 Å². The zero-order chi connectivity index (χ0) is 31.8. The highest BCUT2D eigenvalue weighted by Crippen LogP contribution is 2.45. The van der Waals surface area contributed by atoms with Gasteiger partial charge in [0.25, 0.3) is 11.8 Å². The van der Waals surface area contributed by atoms with Crippen molar-refractivity contribution in [1.82, 2.24) is 20.0 Å². The zero-order valence-electron chi connectivity index (χ0n) is 24.0. The van der Waals surface area contributed by atoms with E-state index in [2.05, 4.69) is 11.5 Å². The van der Waals surface area contributed by atoms with Gasteiger partial charge in [-0.1, -0.05) is 36.4 Å². The van der Waals surface area contributed by atoms with Crippen LogP contribution in [0.2, 0.25) is 0 Å². The van der Waals surface area contributed by atoms with Gasteiger partial charge in [-0.25, -0.2) is 9.07 Å². The van der Waals surface area contributed by atoms with Crippen molar-refractivity contribution >= 4 is 17.6 Å². The Balaban J connectivity index is 1.74. The first-order valence-electron chi connectivity index (χ1n) is 13.8. The molecule has 1 aliphatic heterocycles. The Kier molecular flexibility index (Phi) is 8.15. The number of carbonyl (C=O) groups is 2. The van der Waals surface area contributed by atoms with Gasteiger partial charge in [-0.3, -0.25) is 14.5 Å². The van der Waals surface area contributed by atoms with Crippen LogP contribution in [0.25, 0.3) is 5.69 Å². The molecule has 1 N–H and O–H groups in total. The second kappa shape index (κ2) is 11.8. The fraction of sp³-hybridized carbons (Fsp3) is 0.250. The number of nitrogens with zero attached hydrogens (tertiary/aromatic N) is 5. The summed E-state index contributed by atoms with van der Waals surface area (Å²) < 4.78 is 56.0. The summed E-state index contributed by atoms with van der Waals surface area (Å²) in [7, 11) is 1.59. The molecule has 3 aromatic carbocycles. The molecule has 5 rings (SSSR count). The van der Waals surface area contributed by atoms with Crippen molar-refractivity contribution in [3.8, 4) is 11.9 Å². The second-order valence-corrected chi connectivity index (χ2v) is 10.4. The van der Waals surface area contributed by atoms with Crippen LogP contribution in [0.15, 0.2) is 78.9 Å². The number of likely N-dealkylation sites (N-methyl/N-ethyl adjacent to an activating group) is 1. The van der Waals surface area contributed by atoms with Crippen molar-refractivity contribution in [3.63, 3.8) is 0 Å². The molecule has 2 heterocycles. The smallest absolute Gasteiger partial charge is 0.339 e. The highest BCUT2D eigenvalue weighted by Gasteiger charge is 2.47. The summed E-state index contributed by atoms with van der Waals surface area (Å²) in [5.74, 6) is -2.46. The summed E-state index contributed by atoms with van der Waals surface area (Å²) in [6, 6.07) is 16.5. The first kappa shape index (κ1) is 30.3. The van der Waals surface area contributed by atoms with E-state index in [-0.39, 0.29) is 12.1 Å². The third-order valence-electron chi connectivity index (χ3n) is 7.78. The maximum Gasteiger partial charge on any atom is 0.416 e. The molecule has 0 unspecified atom stereocenters. The van der Waals surface area contributed by atoms with Gasteiger partial charge in [0.15, 0.2) is 6.19 Å². The average molecular weight is 605 g/mol. The number of carbonyl (C=O) groups excluding carboxylic acids is 2. The number of halogens is 4. The summed E-state index contributed by atoms with van der Waals surface area (Å²) in [5.41, 5.74) is 0.770. The zero-order valence-corrected chi connectivity index (χ0v) is 24.0. The summed E-state index contributed by atoms with van der Waals surface area (Å²) >= 11 is 0. The number of nitriles is 1. The summed E-state index contributed by atoms with van der Waals surface area (Å²) in [5, 5.41) is 17.3. The van der Waals surface area contributed by atoms with Crippen LogP contribution in [0.5, 0.6) is 0 Å². The standard InChI is InChI=1S/C32H28F4N6O2/c1-4-41-30-26(27(19(2)40(3)18-37)39-42(30)24-11-6-5-7-12-24)25(20-13-15-23(33)16-14-20)28(31(41)44)38-29(43)21-9-8-10-22(17-21)32(34,35)36/h5-17,19,25,28H,4H2,1-3H3,(H,38,43)/t19-,25-,28-/m1/s1. The van der Waals surface area contributed by atoms with Gasteiger partial charge in [0.05, 0.1) is 23.0 Å². The van der Waals surface area contributed by atoms with Gasteiger partial charge in [-0.15, -0.1) is 0 Å². The van der Waals surface area contributed by atoms with Crippen LogP contribution in [0, 0.1) is 17.3 Å². The lowest BCUT2D eigenvalue weighted by atomic mass is 9.80. The van der Waals surface area contributed by atoms with E-state index >= 15 is 0 Å². The Morgan fingerprint density at radius 1 is 1.09 bits per heavy atom. The number of amides is 2. The van der Waals surface area contributed by atoms with Crippen molar-refractivity contribution < 1.29 is 27.2 Å². The summed E-state index contributed by atoms with van der Waals surface area (Å²) in [6.45, 7) is 3.68. The van der Waals surface area contributed by atoms with E-state index in [1.54, 1.807) is 25.6 Å². The average Bonchev–Trinajstić information content (AvgIpc) is 3.41. The molecule has 4 aromatic rings. The number of anilines is 1. The van der Waals surface area contributed by atoms with E-state index in [4.69, 9.17) is 5.10 Å². The van der Waals surface area contributed by atoms with E-state index in [1.807, 2.05) is 30.3 Å². The Morgan fingerprint density at radius 2 is 1.77 bits per heavy atom. The Morgan fingerprint density at radius 3 is 2.39 bits per heavy atom. The largest absolute Gasteiger partial charge is 0.416 e. The molecule has 0 bridgehead atoms. The number of rotatable bonds is 7. The predicted octanol–water partition coefficient (Wildman–Crippen LogP) is 5.80. The monoisotopic (exact) mass is 604 g/mol. The first-order valence-corrected chi connectivity index (χ1v) is 13.8. The molecule has 1 aromatic heterocycles. The number of hydrogen-bond donors (Lipinski definition) is 1. The van der Waals surface area contributed by atoms with E-state index in [9.17, 15) is 32.4 Å². The van der Waals surface area contributed by atoms with Crippen molar-refractivity contribution in [2.75, 3.05) is 18.5 Å². The molecule has 0 spiro atoms. The molecule has 0 fully saturated rings. The molecule has 44 heavy (non-hydrogen) atoms. The predicted molar refractivity (Wildman–Crippen MR) is 154 cm³/mol. The van der Waals surface area contributed by atoms with Crippen LogP contribution in [0.4, 0.5) is 23.4 Å². The van der Waals surface area contributed by atoms with Crippen molar-refractivity contribution in [2.24, 2.45) is 0 Å². The molecular formula is C32H28F4N6O2. The van der Waals surface area contributed by atoms with Crippen molar-refractivity contribution in [3.05, 3.63) is 113 Å². The number of aromatic nitrogens is 2. The molecule has 12 heteroatoms. The Labute approximate surface area is 251 Å². The molecule has 0 aliphatic carbocycles. The minimum Gasteiger partial charge on any atom is -0.339 e. The third-order valence-corrected chi connectivity index (χ3v) is 7.78. The van der Waals surface area contributed by atoms with Crippen molar-refractivity contribution in [1.29, 1.82) is 5.26 Å². The van der Waals surface area contributed by atoms with E-state index < -0.39 is 47.4 Å². The SMILES string of the molecule is CCN1C(=O)[C@H](NC(=O)c2cccc(C(F)(F)F)c2)[C@H](c2ccc(F)cc2)c2c([C@@H](C)N(C)C#N)nn(-c3ccccc3)c21. The van der Waals surface area contributed by atoms with Gasteiger partial charge in [0, 0.05) is 30.6 Å². The highest BCUT2D eigenvalue weighted by molar-refractivity contribution is 6.05. The summed E-state index contributed by atoms with van der Waals surface area (Å²) in [6.07, 6.45) is -2.59. The minimum atomic E-state index is -4.68. The fourth-order valence-electron chi connectivity index (χ4n) is 5.45. The van der Waals surface area contributed by atoms with Gasteiger partial charge in [-0.05, 0) is 61.9 Å². The van der Waals surface area contributed by atoms with E-state index in [1.165, 1.54) is 40.1 Å². The lowest BCUT2D eigenvalue weighted by Gasteiger charge is -2.39. The molecule has 226 valence electrons. The van der Waals surface area contributed by atoms with Crippen LogP contribution in [-0.2, 0) is 11.0 Å². The summed E-state index contributed by atoms with van der Waals surface area (Å²) in [4.78, 5) is 30.6. The number of para-hydroxylation sites is 1. The van der Waals surface area contributed by atoms with Crippen LogP contribution < -0.4 is 10.2 Å². The topological polar surface area (TPSA) is 94.3 Å². The van der Waals surface area contributed by atoms with E-state index in [0.717, 1.165) is 18.2 Å². The second-order valence-electron chi connectivity index (χ2n) is 10.4. The maximum atomic E-state index is 14.3. The van der Waals surface area contributed by atoms with Crippen LogP contribution in [0.3, 0.4) is 0 Å². The number of fused-ring (bicyclic) bond motifs is 1. The normalized spacial score (nSPS) is 17.0. The minimum absolute atomic E-state index is 0.165. The number of benzene rings is 3. The molecule has 2 amide bonds. The third kappa shape index (κ3) is 5.48. The number of nitrogens with one attached hydrogen (secondary N) is 1. The lowest BCUT2D eigenvalue weighted by molar-refractivity contribution is -0.137. The molecule has 0 saturated carbocycles. The van der Waals surface area contributed by atoms with Crippen molar-refractivity contribution in [2.45, 2.75) is 38.0 Å². The highest BCUT2D eigenvalue weighted by atomic mass is 19.4. The maximum absolute atomic E-state index is 14.3. The molecule has 1 aliphatic rings. The fourth-order valence-corrected chi connectivity index (χ4v) is 5.45. The number of hydrogen-bond acceptors (Lipinski definition) is 5. The lowest BCUT2D eigenvalue weighted by Crippen LogP contribution is -2.55. The quantitative estimate of drug-likeness (QED) is 0.164. The first-order chi connectivity index (χ1) is 21.0. The molecule has 3 atom stereocenters. The van der Waals surface area contributed by atoms with Crippen LogP contribution in [0.1, 0.15) is 58.5 Å². The van der Waals surface area contributed by atoms with Gasteiger partial charge >= 0.3 is 6.18 Å². The number of alkyl halides is 3. The van der Waals surface area contributed by atoms with Gasteiger partial charge in [-0.2, -0.15) is 23.5 Å². The van der Waals surface area contributed by atoms with Crippen LogP contribution >= 0.6 is 0 Å². The molecular weight excluding hydrogens is 576 g/mol.